The summed E-state index contributed by atoms with van der Waals surface area (Å²) in [5.74, 6) is 0.992. The lowest BCUT2D eigenvalue weighted by Gasteiger charge is -2.27. The second-order valence-corrected chi connectivity index (χ2v) is 4.48. The third kappa shape index (κ3) is 4.00. The summed E-state index contributed by atoms with van der Waals surface area (Å²) in [4.78, 5) is 13.4. The number of carbonyl (C=O) groups excluding carboxylic acids is 1. The van der Waals surface area contributed by atoms with Crippen LogP contribution in [0.2, 0.25) is 0 Å². The van der Waals surface area contributed by atoms with Gasteiger partial charge >= 0.3 is 0 Å². The van der Waals surface area contributed by atoms with E-state index in [-0.39, 0.29) is 5.91 Å². The molecule has 0 heterocycles. The van der Waals surface area contributed by atoms with E-state index in [4.69, 9.17) is 5.73 Å². The van der Waals surface area contributed by atoms with Gasteiger partial charge < -0.3 is 10.6 Å². The van der Waals surface area contributed by atoms with Gasteiger partial charge in [0.15, 0.2) is 0 Å². The van der Waals surface area contributed by atoms with Gasteiger partial charge in [-0.2, -0.15) is 11.8 Å². The quantitative estimate of drug-likeness (QED) is 0.725. The minimum absolute atomic E-state index is 0.0315. The lowest BCUT2D eigenvalue weighted by Crippen LogP contribution is -2.52. The predicted molar refractivity (Wildman–Crippen MR) is 58.9 cm³/mol. The molecule has 0 aromatic carbocycles. The molecule has 0 bridgehead atoms. The zero-order valence-electron chi connectivity index (χ0n) is 8.96. The molecule has 0 rings (SSSR count). The molecule has 1 amide bonds. The van der Waals surface area contributed by atoms with E-state index < -0.39 is 5.54 Å². The van der Waals surface area contributed by atoms with Gasteiger partial charge in [-0.15, -0.1) is 0 Å². The molecular formula is C9H20N2OS. The maximum absolute atomic E-state index is 11.7. The number of hydrogen-bond acceptors (Lipinski definition) is 3. The Labute approximate surface area is 85.0 Å². The highest BCUT2D eigenvalue weighted by Gasteiger charge is 2.28. The van der Waals surface area contributed by atoms with Crippen molar-refractivity contribution in [2.75, 3.05) is 25.6 Å². The van der Waals surface area contributed by atoms with Crippen molar-refractivity contribution in [2.45, 2.75) is 25.8 Å². The average Bonchev–Trinajstić information content (AvgIpc) is 2.12. The summed E-state index contributed by atoms with van der Waals surface area (Å²) in [5.41, 5.74) is 5.13. The second-order valence-electron chi connectivity index (χ2n) is 3.49. The van der Waals surface area contributed by atoms with Gasteiger partial charge in [0.25, 0.3) is 0 Å². The molecule has 13 heavy (non-hydrogen) atoms. The number of carbonyl (C=O) groups is 1. The van der Waals surface area contributed by atoms with Crippen molar-refractivity contribution in [2.24, 2.45) is 5.73 Å². The van der Waals surface area contributed by atoms with Crippen LogP contribution < -0.4 is 5.73 Å². The summed E-state index contributed by atoms with van der Waals surface area (Å²) in [6.45, 7) is 4.48. The Bertz CT molecular complexity index is 171. The zero-order chi connectivity index (χ0) is 10.5. The maximum atomic E-state index is 11.7. The van der Waals surface area contributed by atoms with Gasteiger partial charge in [0.2, 0.25) is 5.91 Å². The van der Waals surface area contributed by atoms with E-state index in [9.17, 15) is 4.79 Å². The fourth-order valence-corrected chi connectivity index (χ4v) is 1.37. The molecule has 0 fully saturated rings. The maximum Gasteiger partial charge on any atom is 0.242 e. The average molecular weight is 204 g/mol. The van der Waals surface area contributed by atoms with Crippen LogP contribution in [0.3, 0.4) is 0 Å². The first-order valence-electron chi connectivity index (χ1n) is 4.49. The monoisotopic (exact) mass is 204 g/mol. The van der Waals surface area contributed by atoms with Gasteiger partial charge in [-0.1, -0.05) is 6.92 Å². The van der Waals surface area contributed by atoms with Crippen molar-refractivity contribution < 1.29 is 4.79 Å². The van der Waals surface area contributed by atoms with Crippen LogP contribution >= 0.6 is 11.8 Å². The smallest absolute Gasteiger partial charge is 0.242 e. The molecule has 0 spiro atoms. The Hall–Kier alpha value is -0.220. The summed E-state index contributed by atoms with van der Waals surface area (Å²) in [6.07, 6.45) is 2.70. The molecular weight excluding hydrogens is 184 g/mol. The standard InChI is InChI=1S/C9H20N2OS/c1-5-9(2,10)8(12)11(3)6-7-13-4/h5-7,10H2,1-4H3. The summed E-state index contributed by atoms with van der Waals surface area (Å²) in [7, 11) is 1.80. The molecule has 0 saturated heterocycles. The van der Waals surface area contributed by atoms with Gasteiger partial charge in [0.05, 0.1) is 5.54 Å². The van der Waals surface area contributed by atoms with Gasteiger partial charge in [-0.25, -0.2) is 0 Å². The Kier molecular flexibility index (Phi) is 5.40. The summed E-state index contributed by atoms with van der Waals surface area (Å²) < 4.78 is 0. The first-order valence-corrected chi connectivity index (χ1v) is 5.88. The number of likely N-dealkylation sites (N-methyl/N-ethyl adjacent to an activating group) is 1. The van der Waals surface area contributed by atoms with Crippen molar-refractivity contribution in [3.05, 3.63) is 0 Å². The van der Waals surface area contributed by atoms with Crippen LogP contribution in [0.5, 0.6) is 0 Å². The van der Waals surface area contributed by atoms with Gasteiger partial charge in [0, 0.05) is 19.3 Å². The fourth-order valence-electron chi connectivity index (χ4n) is 0.917. The van der Waals surface area contributed by atoms with Gasteiger partial charge in [-0.05, 0) is 19.6 Å². The first-order chi connectivity index (χ1) is 5.95. The fraction of sp³-hybridized carbons (Fsp3) is 0.889. The molecule has 0 aliphatic heterocycles. The molecule has 0 radical (unpaired) electrons. The number of thioether (sulfide) groups is 1. The van der Waals surface area contributed by atoms with Crippen molar-refractivity contribution in [1.82, 2.24) is 4.90 Å². The number of hydrogen-bond donors (Lipinski definition) is 1. The third-order valence-corrected chi connectivity index (χ3v) is 2.79. The molecule has 2 N–H and O–H groups in total. The molecule has 1 atom stereocenters. The van der Waals surface area contributed by atoms with E-state index in [1.54, 1.807) is 30.6 Å². The van der Waals surface area contributed by atoms with Crippen LogP contribution in [0.1, 0.15) is 20.3 Å². The second kappa shape index (κ2) is 5.50. The summed E-state index contributed by atoms with van der Waals surface area (Å²) in [5, 5.41) is 0. The molecule has 3 nitrogen and oxygen atoms in total. The van der Waals surface area contributed by atoms with E-state index in [2.05, 4.69) is 0 Å². The van der Waals surface area contributed by atoms with Gasteiger partial charge in [-0.3, -0.25) is 4.79 Å². The largest absolute Gasteiger partial charge is 0.343 e. The minimum Gasteiger partial charge on any atom is -0.343 e. The predicted octanol–water partition coefficient (Wildman–Crippen LogP) is 0.935. The highest BCUT2D eigenvalue weighted by Crippen LogP contribution is 2.08. The van der Waals surface area contributed by atoms with Crippen LogP contribution in [0.4, 0.5) is 0 Å². The Morgan fingerprint density at radius 1 is 1.62 bits per heavy atom. The Morgan fingerprint density at radius 2 is 2.15 bits per heavy atom. The summed E-state index contributed by atoms with van der Waals surface area (Å²) in [6, 6.07) is 0. The number of rotatable bonds is 5. The zero-order valence-corrected chi connectivity index (χ0v) is 9.78. The van der Waals surface area contributed by atoms with E-state index in [1.165, 1.54) is 0 Å². The Balaban J connectivity index is 4.09. The van der Waals surface area contributed by atoms with Crippen LogP contribution in [-0.4, -0.2) is 41.9 Å². The van der Waals surface area contributed by atoms with Crippen LogP contribution in [0.15, 0.2) is 0 Å². The number of nitrogens with zero attached hydrogens (tertiary/aromatic N) is 1. The van der Waals surface area contributed by atoms with Crippen molar-refractivity contribution >= 4 is 17.7 Å². The van der Waals surface area contributed by atoms with E-state index in [0.717, 1.165) is 12.3 Å². The SMILES string of the molecule is CCC(C)(N)C(=O)N(C)CCSC. The summed E-state index contributed by atoms with van der Waals surface area (Å²) >= 11 is 1.73. The van der Waals surface area contributed by atoms with Crippen molar-refractivity contribution in [1.29, 1.82) is 0 Å². The van der Waals surface area contributed by atoms with Crippen LogP contribution in [-0.2, 0) is 4.79 Å². The molecule has 1 unspecified atom stereocenters. The Morgan fingerprint density at radius 3 is 2.54 bits per heavy atom. The van der Waals surface area contributed by atoms with Crippen LogP contribution in [0, 0.1) is 0 Å². The number of amides is 1. The molecule has 0 aromatic rings. The van der Waals surface area contributed by atoms with E-state index in [1.807, 2.05) is 13.2 Å². The number of nitrogens with two attached hydrogens (primary N) is 1. The highest BCUT2D eigenvalue weighted by atomic mass is 32.2. The van der Waals surface area contributed by atoms with E-state index in [0.29, 0.717) is 6.42 Å². The topological polar surface area (TPSA) is 46.3 Å². The lowest BCUT2D eigenvalue weighted by atomic mass is 9.99. The first kappa shape index (κ1) is 12.8. The molecule has 4 heteroatoms. The normalized spacial score (nSPS) is 15.2. The molecule has 0 saturated carbocycles. The minimum atomic E-state index is -0.701. The van der Waals surface area contributed by atoms with E-state index >= 15 is 0 Å². The third-order valence-electron chi connectivity index (χ3n) is 2.20. The van der Waals surface area contributed by atoms with Crippen molar-refractivity contribution in [3.8, 4) is 0 Å². The molecule has 0 aromatic heterocycles. The molecule has 78 valence electrons. The van der Waals surface area contributed by atoms with Gasteiger partial charge in [0.1, 0.15) is 0 Å². The molecule has 0 aliphatic carbocycles. The lowest BCUT2D eigenvalue weighted by molar-refractivity contribution is -0.134. The highest BCUT2D eigenvalue weighted by molar-refractivity contribution is 7.98. The van der Waals surface area contributed by atoms with Crippen LogP contribution in [0.25, 0.3) is 0 Å². The van der Waals surface area contributed by atoms with Crippen molar-refractivity contribution in [3.63, 3.8) is 0 Å². The molecule has 0 aliphatic rings.